The fourth-order valence-corrected chi connectivity index (χ4v) is 3.87. The minimum absolute atomic E-state index is 0.00608. The minimum Gasteiger partial charge on any atom is -0.508 e. The fraction of sp³-hybridized carbons (Fsp3) is 0.464. The number of hydrogen-bond donors (Lipinski definition) is 4. The molecule has 0 bridgehead atoms. The van der Waals surface area contributed by atoms with Crippen LogP contribution in [-0.2, 0) is 14.3 Å². The van der Waals surface area contributed by atoms with Crippen molar-refractivity contribution in [3.8, 4) is 11.5 Å². The number of alkyl carbamates (subject to hydrolysis) is 1. The van der Waals surface area contributed by atoms with Crippen LogP contribution >= 0.6 is 0 Å². The number of aromatic hydroxyl groups is 1. The Morgan fingerprint density at radius 3 is 2.18 bits per heavy atom. The van der Waals surface area contributed by atoms with E-state index >= 15 is 0 Å². The standard InChI is InChI=1S/C28H39N3O7/c1-18(2)17-22(30-27(36)38-28(3,4)5)26(35)31(15-16-32)24(21-9-7-8-10-23(21)33)25(34)29-19-11-13-20(37-6)14-12-19/h7-14,18,22,24,32-33H,15-17H2,1-6H3,(H,29,34)(H,30,36). The van der Waals surface area contributed by atoms with E-state index in [9.17, 15) is 24.6 Å². The van der Waals surface area contributed by atoms with Gasteiger partial charge in [-0.05, 0) is 63.4 Å². The number of phenols is 1. The molecule has 0 saturated heterocycles. The summed E-state index contributed by atoms with van der Waals surface area (Å²) in [6, 6.07) is 10.4. The number of carbonyl (C=O) groups is 3. The zero-order chi connectivity index (χ0) is 28.5. The maximum atomic E-state index is 13.9. The van der Waals surface area contributed by atoms with Crippen molar-refractivity contribution in [2.24, 2.45) is 5.92 Å². The normalized spacial score (nSPS) is 12.8. The monoisotopic (exact) mass is 529 g/mol. The van der Waals surface area contributed by atoms with Gasteiger partial charge >= 0.3 is 6.09 Å². The molecule has 0 saturated carbocycles. The summed E-state index contributed by atoms with van der Waals surface area (Å²) in [6.45, 7) is 8.24. The molecule has 2 atom stereocenters. The van der Waals surface area contributed by atoms with Crippen molar-refractivity contribution >= 4 is 23.6 Å². The zero-order valence-electron chi connectivity index (χ0n) is 22.9. The fourth-order valence-electron chi connectivity index (χ4n) is 3.87. The van der Waals surface area contributed by atoms with Crippen molar-refractivity contribution in [1.29, 1.82) is 0 Å². The Hall–Kier alpha value is -3.79. The van der Waals surface area contributed by atoms with Crippen LogP contribution in [0.15, 0.2) is 48.5 Å². The van der Waals surface area contributed by atoms with Gasteiger partial charge in [0, 0.05) is 17.8 Å². The minimum atomic E-state index is -1.31. The number of para-hydroxylation sites is 1. The number of methoxy groups -OCH3 is 1. The van der Waals surface area contributed by atoms with Gasteiger partial charge in [-0.25, -0.2) is 4.79 Å². The molecule has 2 unspecified atom stereocenters. The molecule has 2 aromatic rings. The van der Waals surface area contributed by atoms with Gasteiger partial charge in [-0.15, -0.1) is 0 Å². The molecule has 3 amide bonds. The van der Waals surface area contributed by atoms with Crippen molar-refractivity contribution in [3.05, 3.63) is 54.1 Å². The van der Waals surface area contributed by atoms with E-state index in [1.165, 1.54) is 24.1 Å². The van der Waals surface area contributed by atoms with E-state index in [2.05, 4.69) is 10.6 Å². The molecule has 2 aromatic carbocycles. The van der Waals surface area contributed by atoms with Gasteiger partial charge in [0.05, 0.1) is 13.7 Å². The average Bonchev–Trinajstić information content (AvgIpc) is 2.83. The first-order chi connectivity index (χ1) is 17.9. The van der Waals surface area contributed by atoms with Gasteiger partial charge in [0.1, 0.15) is 29.2 Å². The van der Waals surface area contributed by atoms with E-state index < -0.39 is 42.2 Å². The first-order valence-corrected chi connectivity index (χ1v) is 12.5. The Morgan fingerprint density at radius 1 is 1.03 bits per heavy atom. The Morgan fingerprint density at radius 2 is 1.66 bits per heavy atom. The van der Waals surface area contributed by atoms with Gasteiger partial charge < -0.3 is 35.2 Å². The number of rotatable bonds is 11. The van der Waals surface area contributed by atoms with Crippen LogP contribution < -0.4 is 15.4 Å². The van der Waals surface area contributed by atoms with Gasteiger partial charge in [0.25, 0.3) is 5.91 Å². The van der Waals surface area contributed by atoms with Crippen molar-refractivity contribution in [2.45, 2.75) is 58.7 Å². The number of aliphatic hydroxyl groups is 1. The molecule has 0 fully saturated rings. The lowest BCUT2D eigenvalue weighted by Gasteiger charge is -2.34. The van der Waals surface area contributed by atoms with Gasteiger partial charge in [-0.3, -0.25) is 9.59 Å². The summed E-state index contributed by atoms with van der Waals surface area (Å²) in [6.07, 6.45) is -0.518. The summed E-state index contributed by atoms with van der Waals surface area (Å²) < 4.78 is 10.5. The molecule has 10 nitrogen and oxygen atoms in total. The Balaban J connectivity index is 2.49. The Bertz CT molecular complexity index is 1080. The summed E-state index contributed by atoms with van der Waals surface area (Å²) in [5.74, 6) is -0.803. The number of phenolic OH excluding ortho intramolecular Hbond substituents is 1. The smallest absolute Gasteiger partial charge is 0.408 e. The molecule has 38 heavy (non-hydrogen) atoms. The van der Waals surface area contributed by atoms with Crippen LogP contribution in [0.25, 0.3) is 0 Å². The number of anilines is 1. The number of aliphatic hydroxyl groups excluding tert-OH is 1. The Labute approximate surface area is 223 Å². The zero-order valence-corrected chi connectivity index (χ0v) is 22.9. The summed E-state index contributed by atoms with van der Waals surface area (Å²) in [5, 5.41) is 25.9. The molecule has 0 aliphatic heterocycles. The van der Waals surface area contributed by atoms with Crippen LogP contribution in [0.4, 0.5) is 10.5 Å². The number of ether oxygens (including phenoxy) is 2. The van der Waals surface area contributed by atoms with E-state index in [1.54, 1.807) is 57.2 Å². The maximum absolute atomic E-state index is 13.9. The second-order valence-electron chi connectivity index (χ2n) is 10.3. The summed E-state index contributed by atoms with van der Waals surface area (Å²) >= 11 is 0. The highest BCUT2D eigenvalue weighted by atomic mass is 16.6. The van der Waals surface area contributed by atoms with Crippen LogP contribution in [0.1, 0.15) is 52.6 Å². The van der Waals surface area contributed by atoms with Gasteiger partial charge in [-0.1, -0.05) is 32.0 Å². The van der Waals surface area contributed by atoms with E-state index in [0.717, 1.165) is 0 Å². The third-order valence-corrected chi connectivity index (χ3v) is 5.47. The second-order valence-corrected chi connectivity index (χ2v) is 10.3. The van der Waals surface area contributed by atoms with Gasteiger partial charge in [-0.2, -0.15) is 0 Å². The summed E-state index contributed by atoms with van der Waals surface area (Å²) in [7, 11) is 1.53. The quantitative estimate of drug-likeness (QED) is 0.347. The largest absolute Gasteiger partial charge is 0.508 e. The molecule has 0 aliphatic carbocycles. The third-order valence-electron chi connectivity index (χ3n) is 5.47. The van der Waals surface area contributed by atoms with Crippen molar-refractivity contribution < 1.29 is 34.1 Å². The molecule has 0 spiro atoms. The number of carbonyl (C=O) groups excluding carboxylic acids is 3. The molecule has 10 heteroatoms. The molecule has 0 radical (unpaired) electrons. The van der Waals surface area contributed by atoms with Gasteiger partial charge in [0.15, 0.2) is 0 Å². The van der Waals surface area contributed by atoms with Crippen LogP contribution in [0.5, 0.6) is 11.5 Å². The topological polar surface area (TPSA) is 137 Å². The number of nitrogens with zero attached hydrogens (tertiary/aromatic N) is 1. The van der Waals surface area contributed by atoms with E-state index in [1.807, 2.05) is 13.8 Å². The van der Waals surface area contributed by atoms with Crippen molar-refractivity contribution in [1.82, 2.24) is 10.2 Å². The summed E-state index contributed by atoms with van der Waals surface area (Å²) in [4.78, 5) is 41.3. The molecule has 0 aliphatic rings. The predicted octanol–water partition coefficient (Wildman–Crippen LogP) is 3.84. The first kappa shape index (κ1) is 30.4. The highest BCUT2D eigenvalue weighted by Crippen LogP contribution is 2.31. The SMILES string of the molecule is COc1ccc(NC(=O)C(c2ccccc2O)N(CCO)C(=O)C(CC(C)C)NC(=O)OC(C)(C)C)cc1. The number of nitrogens with one attached hydrogen (secondary N) is 2. The van der Waals surface area contributed by atoms with Gasteiger partial charge in [0.2, 0.25) is 5.91 Å². The molecular formula is C28H39N3O7. The lowest BCUT2D eigenvalue weighted by atomic mass is 9.98. The highest BCUT2D eigenvalue weighted by Gasteiger charge is 2.37. The molecular weight excluding hydrogens is 490 g/mol. The average molecular weight is 530 g/mol. The number of benzene rings is 2. The maximum Gasteiger partial charge on any atom is 0.408 e. The highest BCUT2D eigenvalue weighted by molar-refractivity contribution is 5.99. The van der Waals surface area contributed by atoms with Crippen LogP contribution in [0.2, 0.25) is 0 Å². The van der Waals surface area contributed by atoms with Crippen molar-refractivity contribution in [2.75, 3.05) is 25.6 Å². The molecule has 0 heterocycles. The Kier molecular flexibility index (Phi) is 10.9. The molecule has 4 N–H and O–H groups in total. The van der Waals surface area contributed by atoms with E-state index in [-0.39, 0.29) is 30.2 Å². The predicted molar refractivity (Wildman–Crippen MR) is 144 cm³/mol. The lowest BCUT2D eigenvalue weighted by Crippen LogP contribution is -2.53. The van der Waals surface area contributed by atoms with Crippen molar-refractivity contribution in [3.63, 3.8) is 0 Å². The number of amides is 3. The number of hydrogen-bond acceptors (Lipinski definition) is 7. The van der Waals surface area contributed by atoms with E-state index in [4.69, 9.17) is 9.47 Å². The molecule has 0 aromatic heterocycles. The third kappa shape index (κ3) is 8.95. The first-order valence-electron chi connectivity index (χ1n) is 12.5. The molecule has 2 rings (SSSR count). The molecule has 208 valence electrons. The summed E-state index contributed by atoms with van der Waals surface area (Å²) in [5.41, 5.74) is -0.171. The lowest BCUT2D eigenvalue weighted by molar-refractivity contribution is -0.141. The van der Waals surface area contributed by atoms with Crippen LogP contribution in [0.3, 0.4) is 0 Å². The van der Waals surface area contributed by atoms with Crippen LogP contribution in [-0.4, -0.2) is 64.9 Å². The van der Waals surface area contributed by atoms with Crippen LogP contribution in [0, 0.1) is 5.92 Å². The second kappa shape index (κ2) is 13.7. The van der Waals surface area contributed by atoms with E-state index in [0.29, 0.717) is 11.4 Å².